The second-order valence-corrected chi connectivity index (χ2v) is 7.91. The lowest BCUT2D eigenvalue weighted by Gasteiger charge is -2.14. The number of nitrogens with zero attached hydrogens (tertiary/aromatic N) is 2. The molecule has 2 aliphatic rings. The van der Waals surface area contributed by atoms with E-state index in [1.807, 2.05) is 29.7 Å². The van der Waals surface area contributed by atoms with Crippen molar-refractivity contribution >= 4 is 34.2 Å². The van der Waals surface area contributed by atoms with Gasteiger partial charge in [-0.2, -0.15) is 0 Å². The minimum Gasteiger partial charge on any atom is -0.300 e. The van der Waals surface area contributed by atoms with Gasteiger partial charge < -0.3 is 5.32 Å². The van der Waals surface area contributed by atoms with Crippen LogP contribution in [0.15, 0.2) is 41.8 Å². The molecule has 3 amide bonds. The van der Waals surface area contributed by atoms with E-state index in [1.54, 1.807) is 0 Å². The highest BCUT2D eigenvalue weighted by Crippen LogP contribution is 2.35. The molecule has 2 atom stereocenters. The highest BCUT2D eigenvalue weighted by Gasteiger charge is 2.47. The van der Waals surface area contributed by atoms with E-state index in [2.05, 4.69) is 29.4 Å². The number of nitrogens with one attached hydrogen (secondary N) is 1. The van der Waals surface area contributed by atoms with E-state index < -0.39 is 5.91 Å². The maximum absolute atomic E-state index is 12.5. The van der Waals surface area contributed by atoms with Crippen molar-refractivity contribution in [2.75, 3.05) is 11.9 Å². The molecule has 0 radical (unpaired) electrons. The molecule has 1 aliphatic heterocycles. The van der Waals surface area contributed by atoms with Crippen LogP contribution < -0.4 is 5.32 Å². The van der Waals surface area contributed by atoms with E-state index in [0.717, 1.165) is 22.6 Å². The zero-order valence-corrected chi connectivity index (χ0v) is 16.4. The summed E-state index contributed by atoms with van der Waals surface area (Å²) < 4.78 is 0. The zero-order valence-electron chi connectivity index (χ0n) is 15.6. The number of carbonyl (C=O) groups is 3. The van der Waals surface area contributed by atoms with Gasteiger partial charge in [-0.25, -0.2) is 4.98 Å². The van der Waals surface area contributed by atoms with Crippen LogP contribution in [0.2, 0.25) is 0 Å². The molecule has 4 rings (SSSR count). The van der Waals surface area contributed by atoms with Gasteiger partial charge in [0, 0.05) is 10.9 Å². The van der Waals surface area contributed by atoms with Crippen molar-refractivity contribution in [2.45, 2.75) is 26.2 Å². The highest BCUT2D eigenvalue weighted by atomic mass is 32.1. The molecule has 144 valence electrons. The number of fused-ring (bicyclic) bond motifs is 1. The predicted molar refractivity (Wildman–Crippen MR) is 108 cm³/mol. The van der Waals surface area contributed by atoms with Crippen LogP contribution in [0.1, 0.15) is 25.3 Å². The molecule has 2 heterocycles. The van der Waals surface area contributed by atoms with Gasteiger partial charge in [0.25, 0.3) is 0 Å². The molecule has 7 heteroatoms. The summed E-state index contributed by atoms with van der Waals surface area (Å²) in [6, 6.07) is 8.14. The molecular weight excluding hydrogens is 374 g/mol. The van der Waals surface area contributed by atoms with Crippen molar-refractivity contribution in [3.8, 4) is 11.3 Å². The second-order valence-electron chi connectivity index (χ2n) is 7.05. The van der Waals surface area contributed by atoms with Crippen LogP contribution in [0.5, 0.6) is 0 Å². The van der Waals surface area contributed by atoms with Crippen LogP contribution in [-0.4, -0.2) is 34.2 Å². The lowest BCUT2D eigenvalue weighted by atomic mass is 9.85. The number of hydrogen-bond acceptors (Lipinski definition) is 5. The fourth-order valence-electron chi connectivity index (χ4n) is 3.70. The Balaban J connectivity index is 1.40. The van der Waals surface area contributed by atoms with E-state index in [4.69, 9.17) is 0 Å². The first kappa shape index (κ1) is 18.6. The molecule has 1 aliphatic carbocycles. The minimum atomic E-state index is -0.407. The average Bonchev–Trinajstić information content (AvgIpc) is 3.27. The summed E-state index contributed by atoms with van der Waals surface area (Å²) in [4.78, 5) is 42.8. The van der Waals surface area contributed by atoms with Crippen molar-refractivity contribution < 1.29 is 14.4 Å². The normalized spacial score (nSPS) is 21.1. The van der Waals surface area contributed by atoms with E-state index in [9.17, 15) is 14.4 Å². The van der Waals surface area contributed by atoms with Gasteiger partial charge in [0.15, 0.2) is 5.13 Å². The summed E-state index contributed by atoms with van der Waals surface area (Å²) in [5.74, 6) is -1.53. The molecule has 2 aromatic rings. The van der Waals surface area contributed by atoms with Gasteiger partial charge >= 0.3 is 0 Å². The number of anilines is 1. The number of likely N-dealkylation sites (tertiary alicyclic amines) is 1. The topological polar surface area (TPSA) is 79.4 Å². The van der Waals surface area contributed by atoms with Crippen molar-refractivity contribution in [3.05, 3.63) is 47.4 Å². The fraction of sp³-hybridized carbons (Fsp3) is 0.333. The maximum atomic E-state index is 12.5. The first-order valence-corrected chi connectivity index (χ1v) is 10.3. The van der Waals surface area contributed by atoms with Gasteiger partial charge in [-0.1, -0.05) is 43.3 Å². The molecule has 1 aromatic carbocycles. The Hall–Kier alpha value is -2.80. The van der Waals surface area contributed by atoms with Gasteiger partial charge in [0.05, 0.1) is 17.5 Å². The first-order chi connectivity index (χ1) is 13.6. The largest absolute Gasteiger partial charge is 0.300 e. The van der Waals surface area contributed by atoms with Gasteiger partial charge in [-0.15, -0.1) is 11.3 Å². The van der Waals surface area contributed by atoms with Crippen molar-refractivity contribution in [1.82, 2.24) is 9.88 Å². The van der Waals surface area contributed by atoms with Gasteiger partial charge in [-0.3, -0.25) is 19.3 Å². The molecule has 1 fully saturated rings. The number of benzene rings is 1. The van der Waals surface area contributed by atoms with Crippen LogP contribution >= 0.6 is 11.3 Å². The molecule has 0 saturated carbocycles. The third-order valence-electron chi connectivity index (χ3n) is 5.31. The lowest BCUT2D eigenvalue weighted by molar-refractivity contribution is -0.142. The Morgan fingerprint density at radius 3 is 2.39 bits per heavy atom. The molecular formula is C21H21N3O3S. The van der Waals surface area contributed by atoms with Crippen LogP contribution in [-0.2, 0) is 20.8 Å². The van der Waals surface area contributed by atoms with Crippen molar-refractivity contribution in [1.29, 1.82) is 0 Å². The van der Waals surface area contributed by atoms with E-state index in [-0.39, 0.29) is 30.2 Å². The SMILES string of the molecule is CCc1ccc(-c2csc(NC(=O)CN3C(=O)C4CC=CCC4C3=O)n2)cc1. The molecule has 1 saturated heterocycles. The Kier molecular flexibility index (Phi) is 5.09. The number of aryl methyl sites for hydroxylation is 1. The van der Waals surface area contributed by atoms with Crippen LogP contribution in [0.3, 0.4) is 0 Å². The maximum Gasteiger partial charge on any atom is 0.246 e. The van der Waals surface area contributed by atoms with E-state index >= 15 is 0 Å². The van der Waals surface area contributed by atoms with Crippen LogP contribution in [0, 0.1) is 11.8 Å². The molecule has 28 heavy (non-hydrogen) atoms. The Morgan fingerprint density at radius 1 is 1.14 bits per heavy atom. The number of hydrogen-bond donors (Lipinski definition) is 1. The molecule has 0 spiro atoms. The number of carbonyl (C=O) groups excluding carboxylic acids is 3. The summed E-state index contributed by atoms with van der Waals surface area (Å²) in [5, 5.41) is 5.04. The summed E-state index contributed by atoms with van der Waals surface area (Å²) in [6.07, 6.45) is 5.98. The van der Waals surface area contributed by atoms with Crippen LogP contribution in [0.4, 0.5) is 5.13 Å². The Labute approximate surface area is 167 Å². The Bertz CT molecular complexity index is 922. The molecule has 0 bridgehead atoms. The molecule has 1 N–H and O–H groups in total. The number of thiazole rings is 1. The van der Waals surface area contributed by atoms with Crippen LogP contribution in [0.25, 0.3) is 11.3 Å². The number of rotatable bonds is 5. The third kappa shape index (κ3) is 3.49. The zero-order chi connectivity index (χ0) is 19.7. The summed E-state index contributed by atoms with van der Waals surface area (Å²) in [7, 11) is 0. The van der Waals surface area contributed by atoms with Gasteiger partial charge in [0.1, 0.15) is 6.54 Å². The second kappa shape index (κ2) is 7.67. The fourth-order valence-corrected chi connectivity index (χ4v) is 4.44. The monoisotopic (exact) mass is 395 g/mol. The number of aromatic nitrogens is 1. The first-order valence-electron chi connectivity index (χ1n) is 9.41. The highest BCUT2D eigenvalue weighted by molar-refractivity contribution is 7.14. The number of imide groups is 1. The van der Waals surface area contributed by atoms with E-state index in [1.165, 1.54) is 16.9 Å². The quantitative estimate of drug-likeness (QED) is 0.623. The van der Waals surface area contributed by atoms with Crippen molar-refractivity contribution in [2.24, 2.45) is 11.8 Å². The van der Waals surface area contributed by atoms with Gasteiger partial charge in [0.2, 0.25) is 17.7 Å². The summed E-state index contributed by atoms with van der Waals surface area (Å²) >= 11 is 1.32. The smallest absolute Gasteiger partial charge is 0.246 e. The van der Waals surface area contributed by atoms with Gasteiger partial charge in [-0.05, 0) is 24.8 Å². The average molecular weight is 395 g/mol. The summed E-state index contributed by atoms with van der Waals surface area (Å²) in [6.45, 7) is 1.84. The minimum absolute atomic E-state index is 0.245. The predicted octanol–water partition coefficient (Wildman–Crippen LogP) is 3.26. The Morgan fingerprint density at radius 2 is 1.79 bits per heavy atom. The summed E-state index contributed by atoms with van der Waals surface area (Å²) in [5.41, 5.74) is 3.02. The standard InChI is InChI=1S/C21H21N3O3S/c1-2-13-7-9-14(10-8-13)17-12-28-21(22-17)23-18(25)11-24-19(26)15-5-3-4-6-16(15)20(24)27/h3-4,7-10,12,15-16H,2,5-6,11H2,1H3,(H,22,23,25). The molecule has 6 nitrogen and oxygen atoms in total. The number of amides is 3. The van der Waals surface area contributed by atoms with E-state index in [0.29, 0.717) is 18.0 Å². The molecule has 2 unspecified atom stereocenters. The third-order valence-corrected chi connectivity index (χ3v) is 6.07. The number of allylic oxidation sites excluding steroid dienone is 2. The lowest BCUT2D eigenvalue weighted by Crippen LogP contribution is -2.38. The van der Waals surface area contributed by atoms with Crippen molar-refractivity contribution in [3.63, 3.8) is 0 Å². The molecule has 1 aromatic heterocycles.